The summed E-state index contributed by atoms with van der Waals surface area (Å²) in [5.41, 5.74) is -1.61. The lowest BCUT2D eigenvalue weighted by molar-refractivity contribution is 0.00601. The van der Waals surface area contributed by atoms with Gasteiger partial charge in [-0.2, -0.15) is 0 Å². The second-order valence-electron chi connectivity index (χ2n) is 5.88. The van der Waals surface area contributed by atoms with Gasteiger partial charge >= 0.3 is 13.1 Å². The summed E-state index contributed by atoms with van der Waals surface area (Å²) in [5, 5.41) is 16.9. The van der Waals surface area contributed by atoms with Crippen molar-refractivity contribution in [1.82, 2.24) is 0 Å². The van der Waals surface area contributed by atoms with Crippen LogP contribution in [0.3, 0.4) is 0 Å². The highest BCUT2D eigenvalue weighted by molar-refractivity contribution is 6.57. The van der Waals surface area contributed by atoms with Gasteiger partial charge in [-0.3, -0.25) is 0 Å². The molecule has 9 heteroatoms. The topological polar surface area (TPSA) is 76.0 Å². The fourth-order valence-corrected chi connectivity index (χ4v) is 2.04. The smallest absolute Gasteiger partial charge is 0.470 e. The van der Waals surface area contributed by atoms with Crippen LogP contribution in [0.5, 0.6) is 5.75 Å². The van der Waals surface area contributed by atoms with E-state index in [2.05, 4.69) is 0 Å². The number of esters is 1. The summed E-state index contributed by atoms with van der Waals surface area (Å²) in [5.74, 6) is -4.05. The Kier molecular flexibility index (Phi) is 6.38. The molecule has 1 rings (SSSR count). The van der Waals surface area contributed by atoms with Gasteiger partial charge in [0.05, 0.1) is 12.4 Å². The zero-order valence-corrected chi connectivity index (χ0v) is 13.9. The van der Waals surface area contributed by atoms with E-state index in [9.17, 15) is 13.6 Å². The lowest BCUT2D eigenvalue weighted by Crippen LogP contribution is -2.29. The van der Waals surface area contributed by atoms with E-state index in [-0.39, 0.29) is 17.7 Å². The average molecular weight is 351 g/mol. The van der Waals surface area contributed by atoms with Gasteiger partial charge in [0.15, 0.2) is 11.6 Å². The molecule has 0 fully saturated rings. The van der Waals surface area contributed by atoms with Gasteiger partial charge in [-0.1, -0.05) is 0 Å². The number of methoxy groups -OCH3 is 1. The van der Waals surface area contributed by atoms with Crippen molar-refractivity contribution in [2.45, 2.75) is 38.1 Å². The lowest BCUT2D eigenvalue weighted by Gasteiger charge is -2.22. The second-order valence-corrected chi connectivity index (χ2v) is 6.44. The predicted molar refractivity (Wildman–Crippen MR) is 81.6 cm³/mol. The molecule has 1 atom stereocenters. The zero-order valence-electron chi connectivity index (χ0n) is 13.2. The summed E-state index contributed by atoms with van der Waals surface area (Å²) >= 11 is 5.72. The molecule has 0 aliphatic heterocycles. The number of carbonyl (C=O) groups excluding carboxylic acids is 1. The maximum Gasteiger partial charge on any atom is 0.470 e. The molecule has 2 N–H and O–H groups in total. The van der Waals surface area contributed by atoms with Crippen LogP contribution in [0.4, 0.5) is 8.78 Å². The van der Waals surface area contributed by atoms with Gasteiger partial charge in [-0.15, -0.1) is 11.6 Å². The van der Waals surface area contributed by atoms with Crippen LogP contribution < -0.4 is 4.74 Å². The summed E-state index contributed by atoms with van der Waals surface area (Å²) < 4.78 is 37.9. The van der Waals surface area contributed by atoms with E-state index < -0.39 is 41.2 Å². The van der Waals surface area contributed by atoms with Crippen LogP contribution in [-0.2, 0) is 11.2 Å². The van der Waals surface area contributed by atoms with Crippen molar-refractivity contribution in [3.8, 4) is 5.75 Å². The van der Waals surface area contributed by atoms with Crippen molar-refractivity contribution in [3.05, 3.63) is 28.8 Å². The van der Waals surface area contributed by atoms with Crippen LogP contribution in [-0.4, -0.2) is 41.1 Å². The number of halogens is 3. The number of carbonyl (C=O) groups is 1. The number of benzene rings is 1. The van der Waals surface area contributed by atoms with Gasteiger partial charge in [0.1, 0.15) is 16.9 Å². The Balaban J connectivity index is 3.38. The first-order chi connectivity index (χ1) is 10.5. The fourth-order valence-electron chi connectivity index (χ4n) is 1.87. The Morgan fingerprint density at radius 2 is 1.96 bits per heavy atom. The van der Waals surface area contributed by atoms with Crippen LogP contribution in [0, 0.1) is 11.6 Å². The fraction of sp³-hybridized carbons (Fsp3) is 0.500. The first kappa shape index (κ1) is 19.7. The first-order valence-electron chi connectivity index (χ1n) is 6.76. The maximum atomic E-state index is 14.1. The van der Waals surface area contributed by atoms with Gasteiger partial charge in [0.25, 0.3) is 0 Å². The molecule has 1 aromatic rings. The quantitative estimate of drug-likeness (QED) is 0.483. The summed E-state index contributed by atoms with van der Waals surface area (Å²) in [7, 11) is -0.706. The molecule has 0 aliphatic rings. The van der Waals surface area contributed by atoms with E-state index in [1.165, 1.54) is 7.11 Å². The van der Waals surface area contributed by atoms with Crippen molar-refractivity contribution in [2.75, 3.05) is 7.11 Å². The van der Waals surface area contributed by atoms with Crippen molar-refractivity contribution >= 4 is 24.7 Å². The van der Waals surface area contributed by atoms with Gasteiger partial charge in [0.2, 0.25) is 0 Å². The molecular formula is C14H18BClF2O5. The van der Waals surface area contributed by atoms with E-state index in [1.54, 1.807) is 20.8 Å². The molecule has 0 bridgehead atoms. The van der Waals surface area contributed by atoms with Crippen molar-refractivity contribution in [1.29, 1.82) is 0 Å². The SMILES string of the molecule is COc1c(C[C@@H](Cl)B(O)O)cc(F)c(F)c1C(=O)OC(C)(C)C. The lowest BCUT2D eigenvalue weighted by atomic mass is 9.81. The highest BCUT2D eigenvalue weighted by atomic mass is 35.5. The van der Waals surface area contributed by atoms with Gasteiger partial charge in [-0.25, -0.2) is 13.6 Å². The number of rotatable bonds is 5. The average Bonchev–Trinajstić information content (AvgIpc) is 2.39. The summed E-state index contributed by atoms with van der Waals surface area (Å²) in [6.07, 6.45) is -0.255. The normalized spacial score (nSPS) is 12.7. The van der Waals surface area contributed by atoms with Crippen molar-refractivity contribution < 1.29 is 33.1 Å². The number of alkyl halides is 1. The predicted octanol–water partition coefficient (Wildman–Crippen LogP) is 2.09. The Hall–Kier alpha value is -1.38. The molecule has 1 aromatic carbocycles. The van der Waals surface area contributed by atoms with Crippen LogP contribution >= 0.6 is 11.6 Å². The molecule has 0 saturated heterocycles. The molecule has 0 heterocycles. The van der Waals surface area contributed by atoms with Crippen molar-refractivity contribution in [2.24, 2.45) is 0 Å². The van der Waals surface area contributed by atoms with E-state index in [0.717, 1.165) is 6.07 Å². The Morgan fingerprint density at radius 1 is 1.39 bits per heavy atom. The molecule has 0 spiro atoms. The van der Waals surface area contributed by atoms with Crippen molar-refractivity contribution in [3.63, 3.8) is 0 Å². The third-order valence-electron chi connectivity index (χ3n) is 2.79. The van der Waals surface area contributed by atoms with E-state index in [1.807, 2.05) is 0 Å². The minimum Gasteiger partial charge on any atom is -0.495 e. The Bertz CT molecular complexity index is 590. The Labute approximate surface area is 138 Å². The number of ether oxygens (including phenoxy) is 2. The van der Waals surface area contributed by atoms with E-state index in [0.29, 0.717) is 0 Å². The van der Waals surface area contributed by atoms with Crippen LogP contribution in [0.25, 0.3) is 0 Å². The largest absolute Gasteiger partial charge is 0.495 e. The highest BCUT2D eigenvalue weighted by Crippen LogP contribution is 2.32. The second kappa shape index (κ2) is 7.46. The molecule has 0 unspecified atom stereocenters. The number of hydrogen-bond donors (Lipinski definition) is 2. The molecule has 0 amide bonds. The first-order valence-corrected chi connectivity index (χ1v) is 7.20. The number of hydrogen-bond acceptors (Lipinski definition) is 5. The zero-order chi connectivity index (χ0) is 17.9. The summed E-state index contributed by atoms with van der Waals surface area (Å²) in [6, 6.07) is 0.791. The highest BCUT2D eigenvalue weighted by Gasteiger charge is 2.31. The third-order valence-corrected chi connectivity index (χ3v) is 3.17. The summed E-state index contributed by atoms with van der Waals surface area (Å²) in [4.78, 5) is 12.1. The monoisotopic (exact) mass is 350 g/mol. The molecular weight excluding hydrogens is 332 g/mol. The minimum atomic E-state index is -1.88. The standard InChI is InChI=1S/C14H18BClF2O5/c1-14(2,3)23-13(19)10-11(18)8(17)5-7(12(10)22-4)6-9(16)15(20)21/h5,9,20-21H,6H2,1-4H3/t9-/m1/s1. The Morgan fingerprint density at radius 3 is 2.39 bits per heavy atom. The molecule has 128 valence electrons. The van der Waals surface area contributed by atoms with Crippen LogP contribution in [0.15, 0.2) is 6.07 Å². The maximum absolute atomic E-state index is 14.1. The molecule has 0 aliphatic carbocycles. The van der Waals surface area contributed by atoms with E-state index >= 15 is 0 Å². The van der Waals surface area contributed by atoms with E-state index in [4.69, 9.17) is 31.1 Å². The molecule has 5 nitrogen and oxygen atoms in total. The third kappa shape index (κ3) is 5.05. The molecule has 23 heavy (non-hydrogen) atoms. The molecule has 0 saturated carbocycles. The van der Waals surface area contributed by atoms with Gasteiger partial charge in [-0.05, 0) is 38.8 Å². The summed E-state index contributed by atoms with van der Waals surface area (Å²) in [6.45, 7) is 4.73. The minimum absolute atomic E-state index is 0.0142. The van der Waals surface area contributed by atoms with Crippen LogP contribution in [0.2, 0.25) is 0 Å². The molecule has 0 radical (unpaired) electrons. The molecule has 0 aromatic heterocycles. The van der Waals surface area contributed by atoms with Gasteiger partial charge in [0, 0.05) is 0 Å². The van der Waals surface area contributed by atoms with Crippen LogP contribution in [0.1, 0.15) is 36.7 Å². The van der Waals surface area contributed by atoms with Gasteiger partial charge < -0.3 is 19.5 Å².